The van der Waals surface area contributed by atoms with Gasteiger partial charge in [-0.3, -0.25) is 9.59 Å². The molecule has 0 fully saturated rings. The number of carbonyl (C=O) groups is 2. The molecule has 0 aliphatic heterocycles. The number of Topliss-reactive ketones (excluding diaryl/α,β-unsaturated/α-hetero) is 1. The summed E-state index contributed by atoms with van der Waals surface area (Å²) in [5.74, 6) is -0.209. The number of hydrogen-bond donors (Lipinski definition) is 0. The Kier molecular flexibility index (Phi) is 5.85. The predicted octanol–water partition coefficient (Wildman–Crippen LogP) is 3.55. The Labute approximate surface area is 152 Å². The first-order valence-corrected chi connectivity index (χ1v) is 10.4. The number of rotatable bonds is 6. The van der Waals surface area contributed by atoms with Gasteiger partial charge < -0.3 is 0 Å². The van der Waals surface area contributed by atoms with Gasteiger partial charge in [0.1, 0.15) is 0 Å². The molecule has 0 aliphatic carbocycles. The van der Waals surface area contributed by atoms with Crippen LogP contribution in [0, 0.1) is 0 Å². The van der Waals surface area contributed by atoms with Gasteiger partial charge in [-0.1, -0.05) is 54.2 Å². The van der Waals surface area contributed by atoms with Crippen LogP contribution >= 0.6 is 11.8 Å². The van der Waals surface area contributed by atoms with Gasteiger partial charge in [0, 0.05) is 18.2 Å². The quantitative estimate of drug-likeness (QED) is 0.721. The molecule has 0 aromatic heterocycles. The maximum atomic E-state index is 12.7. The summed E-state index contributed by atoms with van der Waals surface area (Å²) < 4.78 is 22.1. The van der Waals surface area contributed by atoms with E-state index < -0.39 is 14.6 Å². The Hall–Kier alpha value is -1.92. The second kappa shape index (κ2) is 7.54. The molecule has 0 atom stereocenters. The molecule has 132 valence electrons. The molecule has 0 aliphatic rings. The van der Waals surface area contributed by atoms with Crippen LogP contribution in [0.25, 0.3) is 0 Å². The molecule has 6 heteroatoms. The molecule has 0 saturated heterocycles. The van der Waals surface area contributed by atoms with E-state index in [9.17, 15) is 18.0 Å². The summed E-state index contributed by atoms with van der Waals surface area (Å²) in [7, 11) is -3.30. The maximum absolute atomic E-state index is 12.7. The highest BCUT2D eigenvalue weighted by atomic mass is 32.2. The van der Waals surface area contributed by atoms with Gasteiger partial charge in [0.05, 0.1) is 9.64 Å². The van der Waals surface area contributed by atoms with Gasteiger partial charge >= 0.3 is 0 Å². The molecule has 0 spiro atoms. The maximum Gasteiger partial charge on any atom is 0.194 e. The first-order valence-electron chi connectivity index (χ1n) is 7.70. The van der Waals surface area contributed by atoms with Gasteiger partial charge in [0.25, 0.3) is 0 Å². The molecule has 2 rings (SSSR count). The van der Waals surface area contributed by atoms with Crippen molar-refractivity contribution in [3.05, 3.63) is 65.7 Å². The van der Waals surface area contributed by atoms with E-state index in [2.05, 4.69) is 0 Å². The van der Waals surface area contributed by atoms with Crippen molar-refractivity contribution in [2.24, 2.45) is 0 Å². The van der Waals surface area contributed by atoms with Gasteiger partial charge in [-0.15, -0.1) is 0 Å². The van der Waals surface area contributed by atoms with Crippen molar-refractivity contribution in [2.75, 3.05) is 6.26 Å². The fourth-order valence-electron chi connectivity index (χ4n) is 2.33. The van der Waals surface area contributed by atoms with Gasteiger partial charge in [0.15, 0.2) is 20.7 Å². The number of benzene rings is 2. The molecular weight excluding hydrogens is 356 g/mol. The Balaban J connectivity index is 2.10. The van der Waals surface area contributed by atoms with Gasteiger partial charge in [-0.05, 0) is 31.5 Å². The molecule has 0 radical (unpaired) electrons. The zero-order valence-corrected chi connectivity index (χ0v) is 16.0. The summed E-state index contributed by atoms with van der Waals surface area (Å²) in [4.78, 5) is 25.1. The highest BCUT2D eigenvalue weighted by Gasteiger charge is 2.32. The second-order valence-corrected chi connectivity index (χ2v) is 9.97. The van der Waals surface area contributed by atoms with E-state index >= 15 is 0 Å². The summed E-state index contributed by atoms with van der Waals surface area (Å²) in [6.45, 7) is 3.40. The van der Waals surface area contributed by atoms with Crippen molar-refractivity contribution in [1.82, 2.24) is 0 Å². The standard InChI is InChI=1S/C19H20O4S2/c1-19(2,24-17(20)13-14-7-5-4-6-8-14)18(21)15-9-11-16(12-10-15)25(3,22)23/h4-12H,13H2,1-3H3. The smallest absolute Gasteiger partial charge is 0.194 e. The third-order valence-electron chi connectivity index (χ3n) is 3.65. The second-order valence-electron chi connectivity index (χ2n) is 6.27. The molecule has 0 unspecified atom stereocenters. The van der Waals surface area contributed by atoms with Crippen LogP contribution < -0.4 is 0 Å². The van der Waals surface area contributed by atoms with Crippen molar-refractivity contribution in [1.29, 1.82) is 0 Å². The number of thioether (sulfide) groups is 1. The van der Waals surface area contributed by atoms with Crippen LogP contribution in [0.4, 0.5) is 0 Å². The largest absolute Gasteiger partial charge is 0.293 e. The van der Waals surface area contributed by atoms with E-state index in [0.29, 0.717) is 5.56 Å². The topological polar surface area (TPSA) is 68.3 Å². The van der Waals surface area contributed by atoms with Crippen molar-refractivity contribution >= 4 is 32.5 Å². The van der Waals surface area contributed by atoms with Gasteiger partial charge in [-0.2, -0.15) is 0 Å². The molecule has 0 bridgehead atoms. The first kappa shape index (κ1) is 19.4. The Morgan fingerprint density at radius 1 is 0.960 bits per heavy atom. The SMILES string of the molecule is CC(C)(SC(=O)Cc1ccccc1)C(=O)c1ccc(S(C)(=O)=O)cc1. The van der Waals surface area contributed by atoms with Gasteiger partial charge in [0.2, 0.25) is 0 Å². The van der Waals surface area contributed by atoms with Crippen LogP contribution in [0.2, 0.25) is 0 Å². The summed E-state index contributed by atoms with van der Waals surface area (Å²) in [6, 6.07) is 15.2. The average molecular weight is 376 g/mol. The van der Waals surface area contributed by atoms with Crippen LogP contribution in [0.15, 0.2) is 59.5 Å². The fourth-order valence-corrected chi connectivity index (χ4v) is 3.98. The summed E-state index contributed by atoms with van der Waals surface area (Å²) in [5.41, 5.74) is 1.29. The summed E-state index contributed by atoms with van der Waals surface area (Å²) in [6.07, 6.45) is 1.38. The van der Waals surface area contributed by atoms with Crippen molar-refractivity contribution in [2.45, 2.75) is 29.9 Å². The Morgan fingerprint density at radius 2 is 1.52 bits per heavy atom. The molecule has 0 amide bonds. The van der Waals surface area contributed by atoms with Crippen LogP contribution in [0.5, 0.6) is 0 Å². The monoisotopic (exact) mass is 376 g/mol. The van der Waals surface area contributed by atoms with Crippen LogP contribution in [0.1, 0.15) is 29.8 Å². The molecule has 25 heavy (non-hydrogen) atoms. The van der Waals surface area contributed by atoms with E-state index in [4.69, 9.17) is 0 Å². The van der Waals surface area contributed by atoms with E-state index in [-0.39, 0.29) is 22.2 Å². The lowest BCUT2D eigenvalue weighted by Crippen LogP contribution is -2.30. The Morgan fingerprint density at radius 3 is 2.04 bits per heavy atom. The minimum Gasteiger partial charge on any atom is -0.293 e. The zero-order valence-electron chi connectivity index (χ0n) is 14.4. The summed E-state index contributed by atoms with van der Waals surface area (Å²) >= 11 is 1.00. The number of hydrogen-bond acceptors (Lipinski definition) is 5. The predicted molar refractivity (Wildman–Crippen MR) is 101 cm³/mol. The molecule has 2 aromatic carbocycles. The lowest BCUT2D eigenvalue weighted by Gasteiger charge is -2.21. The lowest BCUT2D eigenvalue weighted by molar-refractivity contribution is -0.110. The summed E-state index contributed by atoms with van der Waals surface area (Å²) in [5, 5.41) is -0.0858. The average Bonchev–Trinajstić information content (AvgIpc) is 2.53. The highest BCUT2D eigenvalue weighted by Crippen LogP contribution is 2.30. The third-order valence-corrected chi connectivity index (χ3v) is 5.85. The minimum absolute atomic E-state index is 0.0858. The molecule has 0 saturated carbocycles. The highest BCUT2D eigenvalue weighted by molar-refractivity contribution is 8.15. The molecule has 0 N–H and O–H groups in total. The normalized spacial score (nSPS) is 12.0. The van der Waals surface area contributed by atoms with Crippen LogP contribution in [-0.4, -0.2) is 30.3 Å². The van der Waals surface area contributed by atoms with Crippen molar-refractivity contribution in [3.8, 4) is 0 Å². The zero-order chi connectivity index (χ0) is 18.7. The van der Waals surface area contributed by atoms with Crippen molar-refractivity contribution < 1.29 is 18.0 Å². The first-order chi connectivity index (χ1) is 11.6. The van der Waals surface area contributed by atoms with Crippen LogP contribution in [-0.2, 0) is 21.1 Å². The van der Waals surface area contributed by atoms with E-state index in [1.54, 1.807) is 13.8 Å². The van der Waals surface area contributed by atoms with E-state index in [1.165, 1.54) is 24.3 Å². The molecular formula is C19H20O4S2. The lowest BCUT2D eigenvalue weighted by atomic mass is 10.0. The van der Waals surface area contributed by atoms with Crippen LogP contribution in [0.3, 0.4) is 0 Å². The van der Waals surface area contributed by atoms with E-state index in [0.717, 1.165) is 23.6 Å². The van der Waals surface area contributed by atoms with Gasteiger partial charge in [-0.25, -0.2) is 8.42 Å². The molecule has 4 nitrogen and oxygen atoms in total. The van der Waals surface area contributed by atoms with E-state index in [1.807, 2.05) is 30.3 Å². The third kappa shape index (κ3) is 5.28. The number of sulfone groups is 1. The molecule has 0 heterocycles. The molecule has 2 aromatic rings. The Bertz CT molecular complexity index is 867. The minimum atomic E-state index is -3.30. The number of carbonyl (C=O) groups excluding carboxylic acids is 2. The fraction of sp³-hybridized carbons (Fsp3) is 0.263. The van der Waals surface area contributed by atoms with Crippen molar-refractivity contribution in [3.63, 3.8) is 0 Å². The number of ketones is 1.